The number of rotatable bonds is 24. The molecule has 0 spiro atoms. The molecule has 11 nitrogen and oxygen atoms in total. The van der Waals surface area contributed by atoms with Crippen LogP contribution in [0.15, 0.2) is 71.9 Å². The molecule has 2 fully saturated rings. The van der Waals surface area contributed by atoms with Gasteiger partial charge in [-0.3, -0.25) is 9.69 Å². The number of β-amino-alcohol motifs (C(OH)–C–C–N with tert-alkyl or cyclic N) is 1. The summed E-state index contributed by atoms with van der Waals surface area (Å²) in [6.45, 7) is 17.3. The van der Waals surface area contributed by atoms with Crippen molar-refractivity contribution in [2.45, 2.75) is 130 Å². The second kappa shape index (κ2) is 29.9. The zero-order valence-corrected chi connectivity index (χ0v) is 41.3. The van der Waals surface area contributed by atoms with Gasteiger partial charge in [0.05, 0.1) is 47.7 Å². The fourth-order valence-corrected chi connectivity index (χ4v) is 8.06. The summed E-state index contributed by atoms with van der Waals surface area (Å²) in [6.07, 6.45) is 10.5. The molecule has 1 aliphatic heterocycles. The summed E-state index contributed by atoms with van der Waals surface area (Å²) in [5, 5.41) is 15.0. The van der Waals surface area contributed by atoms with E-state index in [2.05, 4.69) is 57.0 Å². The molecule has 0 aromatic heterocycles. The molecule has 0 bridgehead atoms. The van der Waals surface area contributed by atoms with Crippen molar-refractivity contribution in [1.29, 1.82) is 0 Å². The van der Waals surface area contributed by atoms with E-state index in [1.54, 1.807) is 42.5 Å². The summed E-state index contributed by atoms with van der Waals surface area (Å²) in [5.41, 5.74) is 6.32. The van der Waals surface area contributed by atoms with Gasteiger partial charge in [0.2, 0.25) is 5.91 Å². The van der Waals surface area contributed by atoms with Crippen LogP contribution in [0.2, 0.25) is 0 Å². The Bertz CT molecular complexity index is 1790. The summed E-state index contributed by atoms with van der Waals surface area (Å²) in [6, 6.07) is 20.1. The van der Waals surface area contributed by atoms with Crippen LogP contribution in [0.4, 0.5) is 0 Å². The lowest BCUT2D eigenvalue weighted by Crippen LogP contribution is -2.43. The van der Waals surface area contributed by atoms with Crippen molar-refractivity contribution < 1.29 is 38.3 Å². The molecule has 3 aromatic carbocycles. The largest absolute Gasteiger partial charge is 0.497 e. The van der Waals surface area contributed by atoms with Crippen LogP contribution in [-0.2, 0) is 28.8 Å². The number of ether oxygens (including phenoxy) is 6. The molecule has 11 heteroatoms. The monoisotopic (exact) mass is 890 g/mol. The van der Waals surface area contributed by atoms with Crippen LogP contribution in [0.25, 0.3) is 0 Å². The van der Waals surface area contributed by atoms with Gasteiger partial charge in [0, 0.05) is 58.1 Å². The zero-order valence-electron chi connectivity index (χ0n) is 41.3. The van der Waals surface area contributed by atoms with E-state index in [1.165, 1.54) is 35.2 Å². The Kier molecular flexibility index (Phi) is 25.2. The van der Waals surface area contributed by atoms with E-state index in [0.717, 1.165) is 106 Å². The third-order valence-corrected chi connectivity index (χ3v) is 12.0. The second-order valence-corrected chi connectivity index (χ2v) is 17.2. The summed E-state index contributed by atoms with van der Waals surface area (Å²) in [5.74, 6) is 4.92. The molecule has 5 rings (SSSR count). The van der Waals surface area contributed by atoms with Crippen LogP contribution in [0.3, 0.4) is 0 Å². The third-order valence-electron chi connectivity index (χ3n) is 12.0. The van der Waals surface area contributed by atoms with Gasteiger partial charge in [-0.05, 0) is 141 Å². The maximum absolute atomic E-state index is 13.0. The number of aliphatic hydroxyl groups excluding tert-OH is 1. The van der Waals surface area contributed by atoms with Gasteiger partial charge in [-0.2, -0.15) is 0 Å². The Labute approximate surface area is 386 Å². The molecular weight excluding hydrogens is 807 g/mol. The lowest BCUT2D eigenvalue weighted by molar-refractivity contribution is -0.130. The Morgan fingerprint density at radius 2 is 1.44 bits per heavy atom. The highest BCUT2D eigenvalue weighted by Gasteiger charge is 2.40. The molecule has 3 aromatic rings. The molecule has 0 radical (unpaired) electrons. The van der Waals surface area contributed by atoms with Gasteiger partial charge in [0.25, 0.3) is 0 Å². The van der Waals surface area contributed by atoms with Crippen molar-refractivity contribution in [2.75, 3.05) is 74.9 Å². The molecule has 1 aliphatic carbocycles. The topological polar surface area (TPSA) is 111 Å². The number of hydrogen-bond donors (Lipinski definition) is 2. The number of aliphatic hydroxyl groups is 1. The average Bonchev–Trinajstić information content (AvgIpc) is 3.70. The number of methoxy groups -OCH3 is 5. The molecule has 1 heterocycles. The van der Waals surface area contributed by atoms with Gasteiger partial charge in [-0.15, -0.1) is 0 Å². The van der Waals surface area contributed by atoms with E-state index in [-0.39, 0.29) is 18.0 Å². The maximum Gasteiger partial charge on any atom is 0.219 e. The molecule has 3 unspecified atom stereocenters. The molecule has 64 heavy (non-hydrogen) atoms. The molecule has 2 N–H and O–H groups in total. The van der Waals surface area contributed by atoms with Crippen molar-refractivity contribution in [3.8, 4) is 28.7 Å². The number of amides is 1. The van der Waals surface area contributed by atoms with Gasteiger partial charge < -0.3 is 43.7 Å². The fraction of sp³-hybridized carbons (Fsp3) is 0.604. The van der Waals surface area contributed by atoms with Gasteiger partial charge in [0.1, 0.15) is 17.2 Å². The first-order chi connectivity index (χ1) is 30.9. The Morgan fingerprint density at radius 1 is 0.781 bits per heavy atom. The van der Waals surface area contributed by atoms with Crippen LogP contribution < -0.4 is 29.0 Å². The Morgan fingerprint density at radius 3 is 2.00 bits per heavy atom. The molecule has 2 aliphatic rings. The van der Waals surface area contributed by atoms with E-state index in [1.807, 2.05) is 53.4 Å². The number of benzene rings is 3. The van der Waals surface area contributed by atoms with Crippen molar-refractivity contribution in [3.05, 3.63) is 88.6 Å². The quantitative estimate of drug-likeness (QED) is 0.0844. The number of aryl methyl sites for hydroxylation is 2. The lowest BCUT2D eigenvalue weighted by Gasteiger charge is -2.33. The second-order valence-electron chi connectivity index (χ2n) is 17.2. The van der Waals surface area contributed by atoms with E-state index in [4.69, 9.17) is 28.4 Å². The van der Waals surface area contributed by atoms with Crippen LogP contribution in [0.5, 0.6) is 28.7 Å². The zero-order chi connectivity index (χ0) is 46.9. The van der Waals surface area contributed by atoms with Gasteiger partial charge in [-0.25, -0.2) is 0 Å². The number of allylic oxidation sites excluding steroid dienone is 1. The molecule has 1 amide bonds. The van der Waals surface area contributed by atoms with Crippen molar-refractivity contribution in [1.82, 2.24) is 15.1 Å². The van der Waals surface area contributed by atoms with Crippen LogP contribution in [0.1, 0.15) is 110 Å². The predicted molar refractivity (Wildman–Crippen MR) is 260 cm³/mol. The van der Waals surface area contributed by atoms with E-state index < -0.39 is 6.10 Å². The maximum atomic E-state index is 13.0. The first-order valence-electron chi connectivity index (χ1n) is 23.7. The number of nitrogens with one attached hydrogen (secondary N) is 1. The highest BCUT2D eigenvalue weighted by atomic mass is 16.5. The minimum atomic E-state index is -0.459. The first-order valence-corrected chi connectivity index (χ1v) is 23.7. The van der Waals surface area contributed by atoms with Gasteiger partial charge in [0.15, 0.2) is 11.5 Å². The van der Waals surface area contributed by atoms with Crippen LogP contribution in [-0.4, -0.2) is 114 Å². The molecule has 358 valence electrons. The minimum Gasteiger partial charge on any atom is -0.497 e. The Hall–Kier alpha value is -4.45. The number of hydrogen-bond acceptors (Lipinski definition) is 10. The minimum absolute atomic E-state index is 0.0792. The molecule has 1 saturated heterocycles. The van der Waals surface area contributed by atoms with Crippen LogP contribution >= 0.6 is 0 Å². The number of carbonyl (C=O) groups excluding carboxylic acids is 1. The van der Waals surface area contributed by atoms with Gasteiger partial charge >= 0.3 is 0 Å². The van der Waals surface area contributed by atoms with Crippen molar-refractivity contribution >= 4 is 5.91 Å². The highest BCUT2D eigenvalue weighted by molar-refractivity contribution is 5.73. The van der Waals surface area contributed by atoms with Crippen molar-refractivity contribution in [2.24, 2.45) is 5.92 Å². The first kappa shape index (κ1) is 53.9. The van der Waals surface area contributed by atoms with E-state index >= 15 is 0 Å². The van der Waals surface area contributed by atoms with E-state index in [9.17, 15) is 9.90 Å². The standard InChI is InChI=1S/C35H51N3O5.C10H14O2.C8H18O/c1-6-19-36-35(28-8-7-9-28)32-22-29(23-37(32)24-30(40)14-10-26-11-15-31(41-3)16-12-26)38(25(2)39)20-18-27-13-17-33(42-4)34(21-27)43-5;1-4-8-7-9(11-2)5-6-10(8)12-3;1-4-6-9-7-5-8(2)3/h11-13,15-17,21,29-30,32,36,40H,6-10,14,18-20,22-24H2,1-5H3;5-7H,4H2,1-3H3;8H,4-7H2,1-3H3. The molecular formula is C53H83N3O8. The Balaban J connectivity index is 0.000000424. The van der Waals surface area contributed by atoms with E-state index in [0.29, 0.717) is 31.0 Å². The third kappa shape index (κ3) is 17.8. The SMILES string of the molecule is CCCNC(=C1CCC1)C1CC(N(CCc2ccc(OC)c(OC)c2)C(C)=O)CN1CC(O)CCc1ccc(OC)cc1.CCCOCCC(C)C.CCc1cc(OC)ccc1OC. The summed E-state index contributed by atoms with van der Waals surface area (Å²) in [7, 11) is 8.30. The predicted octanol–water partition coefficient (Wildman–Crippen LogP) is 9.70. The van der Waals surface area contributed by atoms with Crippen LogP contribution in [0, 0.1) is 5.92 Å². The fourth-order valence-electron chi connectivity index (χ4n) is 8.06. The highest BCUT2D eigenvalue weighted by Crippen LogP contribution is 2.36. The number of likely N-dealkylation sites (tertiary alicyclic amines) is 1. The molecule has 3 atom stereocenters. The average molecular weight is 890 g/mol. The van der Waals surface area contributed by atoms with Gasteiger partial charge in [-0.1, -0.05) is 52.8 Å². The summed E-state index contributed by atoms with van der Waals surface area (Å²) >= 11 is 0. The molecule has 1 saturated carbocycles. The van der Waals surface area contributed by atoms with Crippen molar-refractivity contribution in [3.63, 3.8) is 0 Å². The smallest absolute Gasteiger partial charge is 0.219 e. The summed E-state index contributed by atoms with van der Waals surface area (Å²) < 4.78 is 31.8. The lowest BCUT2D eigenvalue weighted by atomic mass is 9.87. The summed E-state index contributed by atoms with van der Waals surface area (Å²) in [4.78, 5) is 17.5. The number of nitrogens with zero attached hydrogens (tertiary/aromatic N) is 2. The normalized spacial score (nSPS) is 16.0. The number of carbonyl (C=O) groups is 1.